The van der Waals surface area contributed by atoms with E-state index in [1.807, 2.05) is 0 Å². The van der Waals surface area contributed by atoms with Gasteiger partial charge in [-0.3, -0.25) is 0 Å². The molecule has 0 radical (unpaired) electrons. The SMILES string of the molecule is C[C@@H](CCO)CCCCCCI. The molecule has 0 rings (SSSR count). The van der Waals surface area contributed by atoms with Gasteiger partial charge < -0.3 is 5.11 Å². The molecule has 0 spiro atoms. The second kappa shape index (κ2) is 9.78. The van der Waals surface area contributed by atoms with Gasteiger partial charge in [-0.05, 0) is 23.2 Å². The van der Waals surface area contributed by atoms with E-state index in [9.17, 15) is 0 Å². The second-order valence-electron chi connectivity index (χ2n) is 3.51. The Morgan fingerprint density at radius 3 is 2.33 bits per heavy atom. The van der Waals surface area contributed by atoms with Crippen molar-refractivity contribution in [2.24, 2.45) is 5.92 Å². The molecule has 74 valence electrons. The van der Waals surface area contributed by atoms with Gasteiger partial charge in [0.1, 0.15) is 0 Å². The Kier molecular flexibility index (Phi) is 10.3. The average molecular weight is 284 g/mol. The molecule has 0 aliphatic rings. The van der Waals surface area contributed by atoms with Gasteiger partial charge in [-0.2, -0.15) is 0 Å². The Morgan fingerprint density at radius 2 is 1.75 bits per heavy atom. The van der Waals surface area contributed by atoms with Crippen LogP contribution < -0.4 is 0 Å². The summed E-state index contributed by atoms with van der Waals surface area (Å²) in [5, 5.41) is 8.68. The van der Waals surface area contributed by atoms with E-state index in [1.165, 1.54) is 36.5 Å². The topological polar surface area (TPSA) is 20.2 Å². The van der Waals surface area contributed by atoms with E-state index in [1.54, 1.807) is 0 Å². The summed E-state index contributed by atoms with van der Waals surface area (Å²) in [6, 6.07) is 0. The highest BCUT2D eigenvalue weighted by atomic mass is 127. The van der Waals surface area contributed by atoms with Gasteiger partial charge in [0.25, 0.3) is 0 Å². The van der Waals surface area contributed by atoms with E-state index in [-0.39, 0.29) is 0 Å². The minimum atomic E-state index is 0.356. The maximum atomic E-state index is 8.68. The van der Waals surface area contributed by atoms with E-state index in [0.717, 1.165) is 12.3 Å². The lowest BCUT2D eigenvalue weighted by atomic mass is 10.00. The normalized spacial score (nSPS) is 13.2. The van der Waals surface area contributed by atoms with Crippen LogP contribution in [-0.2, 0) is 0 Å². The molecular formula is C10H21IO. The van der Waals surface area contributed by atoms with Crippen molar-refractivity contribution >= 4 is 22.6 Å². The molecular weight excluding hydrogens is 263 g/mol. The van der Waals surface area contributed by atoms with Crippen LogP contribution in [0, 0.1) is 5.92 Å². The summed E-state index contributed by atoms with van der Waals surface area (Å²) in [7, 11) is 0. The van der Waals surface area contributed by atoms with Crippen LogP contribution in [0.25, 0.3) is 0 Å². The van der Waals surface area contributed by atoms with Gasteiger partial charge in [0.05, 0.1) is 0 Å². The lowest BCUT2D eigenvalue weighted by molar-refractivity contribution is 0.256. The molecule has 0 aromatic heterocycles. The van der Waals surface area contributed by atoms with Crippen LogP contribution in [0.1, 0.15) is 45.4 Å². The smallest absolute Gasteiger partial charge is 0.0433 e. The van der Waals surface area contributed by atoms with Crippen LogP contribution in [0.15, 0.2) is 0 Å². The molecule has 1 N–H and O–H groups in total. The Labute approximate surface area is 90.1 Å². The molecule has 0 fully saturated rings. The van der Waals surface area contributed by atoms with Crippen molar-refractivity contribution in [1.29, 1.82) is 0 Å². The number of rotatable bonds is 8. The number of halogens is 1. The van der Waals surface area contributed by atoms with E-state index < -0.39 is 0 Å². The molecule has 0 aliphatic heterocycles. The monoisotopic (exact) mass is 284 g/mol. The molecule has 0 heterocycles. The first-order valence-electron chi connectivity index (χ1n) is 4.98. The maximum absolute atomic E-state index is 8.68. The summed E-state index contributed by atoms with van der Waals surface area (Å²) in [6.45, 7) is 2.59. The zero-order chi connectivity index (χ0) is 9.23. The first kappa shape index (κ1) is 12.7. The van der Waals surface area contributed by atoms with Crippen LogP contribution in [-0.4, -0.2) is 16.1 Å². The van der Waals surface area contributed by atoms with Crippen LogP contribution in [0.2, 0.25) is 0 Å². The van der Waals surface area contributed by atoms with Crippen LogP contribution in [0.4, 0.5) is 0 Å². The molecule has 2 heteroatoms. The van der Waals surface area contributed by atoms with Crippen molar-refractivity contribution in [2.75, 3.05) is 11.0 Å². The predicted molar refractivity (Wildman–Crippen MR) is 62.8 cm³/mol. The fourth-order valence-corrected chi connectivity index (χ4v) is 1.84. The second-order valence-corrected chi connectivity index (χ2v) is 4.59. The molecule has 0 bridgehead atoms. The molecule has 0 aliphatic carbocycles. The van der Waals surface area contributed by atoms with Crippen LogP contribution in [0.5, 0.6) is 0 Å². The van der Waals surface area contributed by atoms with Crippen molar-refractivity contribution in [1.82, 2.24) is 0 Å². The summed E-state index contributed by atoms with van der Waals surface area (Å²) in [5.74, 6) is 0.717. The van der Waals surface area contributed by atoms with Crippen LogP contribution in [0.3, 0.4) is 0 Å². The van der Waals surface area contributed by atoms with Crippen molar-refractivity contribution in [3.8, 4) is 0 Å². The first-order valence-corrected chi connectivity index (χ1v) is 6.50. The molecule has 0 unspecified atom stereocenters. The quantitative estimate of drug-likeness (QED) is 0.411. The van der Waals surface area contributed by atoms with Crippen molar-refractivity contribution in [2.45, 2.75) is 45.4 Å². The van der Waals surface area contributed by atoms with Gasteiger partial charge in [-0.15, -0.1) is 0 Å². The minimum absolute atomic E-state index is 0.356. The number of aliphatic hydroxyl groups is 1. The van der Waals surface area contributed by atoms with Gasteiger partial charge in [-0.25, -0.2) is 0 Å². The van der Waals surface area contributed by atoms with Gasteiger partial charge in [0.15, 0.2) is 0 Å². The summed E-state index contributed by atoms with van der Waals surface area (Å²) in [6.07, 6.45) is 7.74. The number of hydrogen-bond acceptors (Lipinski definition) is 1. The summed E-state index contributed by atoms with van der Waals surface area (Å²) in [4.78, 5) is 0. The average Bonchev–Trinajstić information content (AvgIpc) is 2.05. The third-order valence-corrected chi connectivity index (χ3v) is 2.97. The Bertz CT molecular complexity index is 85.9. The third-order valence-electron chi connectivity index (χ3n) is 2.20. The molecule has 0 aromatic rings. The Morgan fingerprint density at radius 1 is 1.08 bits per heavy atom. The van der Waals surface area contributed by atoms with E-state index >= 15 is 0 Å². The highest BCUT2D eigenvalue weighted by Gasteiger charge is 1.99. The standard InChI is InChI=1S/C10H21IO/c1-10(7-9-12)6-4-2-3-5-8-11/h10,12H,2-9H2,1H3/t10-/m1/s1. The van der Waals surface area contributed by atoms with Crippen molar-refractivity contribution < 1.29 is 5.11 Å². The van der Waals surface area contributed by atoms with Gasteiger partial charge in [0, 0.05) is 6.61 Å². The summed E-state index contributed by atoms with van der Waals surface area (Å²) >= 11 is 2.43. The Hall–Kier alpha value is 0.690. The van der Waals surface area contributed by atoms with Crippen LogP contribution >= 0.6 is 22.6 Å². The molecule has 0 aromatic carbocycles. The molecule has 12 heavy (non-hydrogen) atoms. The highest BCUT2D eigenvalue weighted by Crippen LogP contribution is 2.13. The summed E-state index contributed by atoms with van der Waals surface area (Å²) < 4.78 is 1.30. The lowest BCUT2D eigenvalue weighted by Crippen LogP contribution is -1.97. The highest BCUT2D eigenvalue weighted by molar-refractivity contribution is 14.1. The number of unbranched alkanes of at least 4 members (excludes halogenated alkanes) is 3. The lowest BCUT2D eigenvalue weighted by Gasteiger charge is -2.08. The van der Waals surface area contributed by atoms with Gasteiger partial charge >= 0.3 is 0 Å². The number of hydrogen-bond donors (Lipinski definition) is 1. The molecule has 0 saturated carbocycles. The van der Waals surface area contributed by atoms with Gasteiger partial charge in [-0.1, -0.05) is 55.2 Å². The van der Waals surface area contributed by atoms with Crippen molar-refractivity contribution in [3.63, 3.8) is 0 Å². The zero-order valence-corrected chi connectivity index (χ0v) is 10.2. The summed E-state index contributed by atoms with van der Waals surface area (Å²) in [5.41, 5.74) is 0. The fraction of sp³-hybridized carbons (Fsp3) is 1.00. The van der Waals surface area contributed by atoms with Gasteiger partial charge in [0.2, 0.25) is 0 Å². The largest absolute Gasteiger partial charge is 0.396 e. The molecule has 0 saturated heterocycles. The third kappa shape index (κ3) is 8.78. The fourth-order valence-electron chi connectivity index (χ4n) is 1.31. The molecule has 1 atom stereocenters. The number of alkyl halides is 1. The van der Waals surface area contributed by atoms with Crippen molar-refractivity contribution in [3.05, 3.63) is 0 Å². The Balaban J connectivity index is 2.97. The number of aliphatic hydroxyl groups excluding tert-OH is 1. The van der Waals surface area contributed by atoms with E-state index in [4.69, 9.17) is 5.11 Å². The van der Waals surface area contributed by atoms with E-state index in [2.05, 4.69) is 29.5 Å². The maximum Gasteiger partial charge on any atom is 0.0433 e. The molecule has 1 nitrogen and oxygen atoms in total. The minimum Gasteiger partial charge on any atom is -0.396 e. The molecule has 0 amide bonds. The first-order chi connectivity index (χ1) is 5.81. The predicted octanol–water partition coefficient (Wildman–Crippen LogP) is 3.39. The zero-order valence-electron chi connectivity index (χ0n) is 8.06. The van der Waals surface area contributed by atoms with E-state index in [0.29, 0.717) is 6.61 Å².